The van der Waals surface area contributed by atoms with Gasteiger partial charge in [0.15, 0.2) is 5.82 Å². The minimum Gasteiger partial charge on any atom is -0.242 e. The van der Waals surface area contributed by atoms with E-state index in [0.29, 0.717) is 5.33 Å². The van der Waals surface area contributed by atoms with Gasteiger partial charge in [0.1, 0.15) is 5.69 Å². The number of aryl methyl sites for hydroxylation is 1. The summed E-state index contributed by atoms with van der Waals surface area (Å²) in [5.74, 6) is 4.95. The molecule has 0 atom stereocenters. The normalized spacial score (nSPS) is 8.92. The first-order chi connectivity index (χ1) is 5.74. The summed E-state index contributed by atoms with van der Waals surface area (Å²) in [7, 11) is 0. The topological polar surface area (TPSA) is 12.9 Å². The predicted molar refractivity (Wildman–Crippen MR) is 49.6 cm³/mol. The number of hydrogen-bond acceptors (Lipinski definition) is 1. The van der Waals surface area contributed by atoms with Crippen LogP contribution >= 0.6 is 15.9 Å². The molecule has 0 saturated carbocycles. The van der Waals surface area contributed by atoms with Crippen LogP contribution in [0.3, 0.4) is 0 Å². The molecular weight excluding hydrogens is 221 g/mol. The second-order valence-corrected chi connectivity index (χ2v) is 2.78. The molecular formula is C9H7BrFN. The van der Waals surface area contributed by atoms with E-state index in [2.05, 4.69) is 32.8 Å². The highest BCUT2D eigenvalue weighted by atomic mass is 79.9. The summed E-state index contributed by atoms with van der Waals surface area (Å²) in [6.45, 7) is 1.80. The average molecular weight is 228 g/mol. The number of pyridine rings is 1. The number of hydrogen-bond donors (Lipinski definition) is 0. The van der Waals surface area contributed by atoms with E-state index < -0.39 is 0 Å². The van der Waals surface area contributed by atoms with Gasteiger partial charge in [-0.1, -0.05) is 21.9 Å². The van der Waals surface area contributed by atoms with Gasteiger partial charge >= 0.3 is 0 Å². The number of nitrogens with zero attached hydrogens (tertiary/aromatic N) is 1. The zero-order valence-corrected chi connectivity index (χ0v) is 8.15. The maximum atomic E-state index is 12.9. The van der Waals surface area contributed by atoms with Crippen molar-refractivity contribution in [3.8, 4) is 11.8 Å². The largest absolute Gasteiger partial charge is 0.242 e. The van der Waals surface area contributed by atoms with Crippen molar-refractivity contribution in [1.29, 1.82) is 0 Å². The fourth-order valence-corrected chi connectivity index (χ4v) is 0.885. The predicted octanol–water partition coefficient (Wildman–Crippen LogP) is 2.28. The molecule has 1 heterocycles. The van der Waals surface area contributed by atoms with Crippen molar-refractivity contribution in [3.05, 3.63) is 29.3 Å². The number of alkyl halides is 1. The van der Waals surface area contributed by atoms with Crippen LogP contribution in [0.5, 0.6) is 0 Å². The van der Waals surface area contributed by atoms with Crippen LogP contribution in [0, 0.1) is 24.6 Å². The third-order valence-electron chi connectivity index (χ3n) is 1.26. The third kappa shape index (κ3) is 2.31. The lowest BCUT2D eigenvalue weighted by atomic mass is 10.3. The quantitative estimate of drug-likeness (QED) is 0.490. The van der Waals surface area contributed by atoms with Gasteiger partial charge in [-0.2, -0.15) is 0 Å². The smallest absolute Gasteiger partial charge is 0.157 e. The highest BCUT2D eigenvalue weighted by molar-refractivity contribution is 9.09. The maximum absolute atomic E-state index is 12.9. The van der Waals surface area contributed by atoms with E-state index >= 15 is 0 Å². The van der Waals surface area contributed by atoms with E-state index in [1.807, 2.05) is 0 Å². The fraction of sp³-hybridized carbons (Fsp3) is 0.222. The minimum absolute atomic E-state index is 0.217. The molecule has 1 aromatic heterocycles. The van der Waals surface area contributed by atoms with Gasteiger partial charge in [0.25, 0.3) is 0 Å². The van der Waals surface area contributed by atoms with Gasteiger partial charge in [0, 0.05) is 5.69 Å². The van der Waals surface area contributed by atoms with Crippen molar-refractivity contribution in [2.45, 2.75) is 6.92 Å². The van der Waals surface area contributed by atoms with Crippen molar-refractivity contribution in [3.63, 3.8) is 0 Å². The number of halogens is 2. The Morgan fingerprint density at radius 1 is 1.58 bits per heavy atom. The van der Waals surface area contributed by atoms with Gasteiger partial charge in [0.2, 0.25) is 0 Å². The third-order valence-corrected chi connectivity index (χ3v) is 1.54. The van der Waals surface area contributed by atoms with Crippen molar-refractivity contribution >= 4 is 15.9 Å². The van der Waals surface area contributed by atoms with Gasteiger partial charge in [-0.25, -0.2) is 9.37 Å². The van der Waals surface area contributed by atoms with Crippen molar-refractivity contribution in [2.24, 2.45) is 0 Å². The summed E-state index contributed by atoms with van der Waals surface area (Å²) in [5.41, 5.74) is 0.990. The molecule has 0 radical (unpaired) electrons. The molecule has 0 bridgehead atoms. The van der Waals surface area contributed by atoms with Crippen LogP contribution in [0.25, 0.3) is 0 Å². The Hall–Kier alpha value is -0.880. The molecule has 1 rings (SSSR count). The Kier molecular flexibility index (Phi) is 3.24. The van der Waals surface area contributed by atoms with E-state index in [-0.39, 0.29) is 11.5 Å². The number of aromatic nitrogens is 1. The fourth-order valence-electron chi connectivity index (χ4n) is 0.745. The molecule has 0 fully saturated rings. The molecule has 62 valence electrons. The molecule has 0 aliphatic rings. The van der Waals surface area contributed by atoms with Gasteiger partial charge in [-0.05, 0) is 25.0 Å². The molecule has 12 heavy (non-hydrogen) atoms. The zero-order chi connectivity index (χ0) is 8.97. The second kappa shape index (κ2) is 4.22. The van der Waals surface area contributed by atoms with Crippen LogP contribution in [-0.4, -0.2) is 10.3 Å². The van der Waals surface area contributed by atoms with E-state index in [0.717, 1.165) is 5.69 Å². The highest BCUT2D eigenvalue weighted by Crippen LogP contribution is 2.03. The van der Waals surface area contributed by atoms with Gasteiger partial charge in [-0.15, -0.1) is 0 Å². The van der Waals surface area contributed by atoms with Gasteiger partial charge < -0.3 is 0 Å². The summed E-state index contributed by atoms with van der Waals surface area (Å²) in [4.78, 5) is 3.94. The monoisotopic (exact) mass is 227 g/mol. The van der Waals surface area contributed by atoms with Crippen LogP contribution in [0.15, 0.2) is 12.1 Å². The Balaban J connectivity index is 3.05. The lowest BCUT2D eigenvalue weighted by Gasteiger charge is -1.94. The van der Waals surface area contributed by atoms with Crippen LogP contribution < -0.4 is 0 Å². The van der Waals surface area contributed by atoms with Crippen LogP contribution in [0.1, 0.15) is 11.4 Å². The molecule has 0 saturated heterocycles. The standard InChI is InChI=1S/C9H7BrFN/c1-7-4-5-8(11)9(12-7)3-2-6-10/h4-5H,6H2,1H3. The van der Waals surface area contributed by atoms with Gasteiger partial charge in [0.05, 0.1) is 5.33 Å². The molecule has 1 nitrogen and oxygen atoms in total. The van der Waals surface area contributed by atoms with E-state index in [1.165, 1.54) is 6.07 Å². The first-order valence-corrected chi connectivity index (χ1v) is 4.54. The maximum Gasteiger partial charge on any atom is 0.157 e. The first-order valence-electron chi connectivity index (χ1n) is 3.42. The Morgan fingerprint density at radius 2 is 2.33 bits per heavy atom. The average Bonchev–Trinajstić information content (AvgIpc) is 2.07. The summed E-state index contributed by atoms with van der Waals surface area (Å²) in [6, 6.07) is 3.00. The zero-order valence-electron chi connectivity index (χ0n) is 6.56. The van der Waals surface area contributed by atoms with E-state index in [9.17, 15) is 4.39 Å². The van der Waals surface area contributed by atoms with Crippen LogP contribution in [-0.2, 0) is 0 Å². The molecule has 1 aromatic rings. The Labute approximate surface area is 79.1 Å². The second-order valence-electron chi connectivity index (χ2n) is 2.22. The molecule has 3 heteroatoms. The Morgan fingerprint density at radius 3 is 3.00 bits per heavy atom. The van der Waals surface area contributed by atoms with Crippen LogP contribution in [0.4, 0.5) is 4.39 Å². The van der Waals surface area contributed by atoms with Gasteiger partial charge in [-0.3, -0.25) is 0 Å². The molecule has 0 aliphatic carbocycles. The lowest BCUT2D eigenvalue weighted by Crippen LogP contribution is -1.91. The number of rotatable bonds is 0. The minimum atomic E-state index is -0.367. The molecule has 0 aliphatic heterocycles. The van der Waals surface area contributed by atoms with E-state index in [4.69, 9.17) is 0 Å². The van der Waals surface area contributed by atoms with Crippen molar-refractivity contribution in [2.75, 3.05) is 5.33 Å². The molecule has 0 unspecified atom stereocenters. The Bertz CT molecular complexity index is 338. The SMILES string of the molecule is Cc1ccc(F)c(C#CCBr)n1. The van der Waals surface area contributed by atoms with E-state index in [1.54, 1.807) is 13.0 Å². The molecule has 0 spiro atoms. The van der Waals surface area contributed by atoms with Crippen LogP contribution in [0.2, 0.25) is 0 Å². The van der Waals surface area contributed by atoms with Crippen molar-refractivity contribution < 1.29 is 4.39 Å². The summed E-state index contributed by atoms with van der Waals surface area (Å²) in [5, 5.41) is 0.530. The first kappa shape index (κ1) is 9.21. The van der Waals surface area contributed by atoms with Crippen molar-refractivity contribution in [1.82, 2.24) is 4.98 Å². The molecule has 0 aromatic carbocycles. The molecule has 0 amide bonds. The summed E-state index contributed by atoms with van der Waals surface area (Å²) in [6.07, 6.45) is 0. The summed E-state index contributed by atoms with van der Waals surface area (Å²) >= 11 is 3.13. The summed E-state index contributed by atoms with van der Waals surface area (Å²) < 4.78 is 12.9. The molecule has 0 N–H and O–H groups in total. The lowest BCUT2D eigenvalue weighted by molar-refractivity contribution is 0.616. The highest BCUT2D eigenvalue weighted by Gasteiger charge is 1.98.